The molecule has 104 valence electrons. The van der Waals surface area contributed by atoms with Crippen molar-refractivity contribution in [2.24, 2.45) is 0 Å². The lowest BCUT2D eigenvalue weighted by Gasteiger charge is -2.08. The first kappa shape index (κ1) is 14.1. The Morgan fingerprint density at radius 3 is 2.75 bits per heavy atom. The Bertz CT molecular complexity index is 623. The number of rotatable bonds is 5. The van der Waals surface area contributed by atoms with Crippen LogP contribution >= 0.6 is 0 Å². The third kappa shape index (κ3) is 3.15. The molecule has 1 N–H and O–H groups in total. The maximum absolute atomic E-state index is 11.2. The number of aromatic nitrogens is 1. The molecule has 0 aliphatic rings. The first-order chi connectivity index (χ1) is 9.61. The van der Waals surface area contributed by atoms with Gasteiger partial charge in [-0.15, -0.1) is 0 Å². The third-order valence-corrected chi connectivity index (χ3v) is 2.99. The maximum Gasteiger partial charge on any atom is 0.335 e. The van der Waals surface area contributed by atoms with Crippen molar-refractivity contribution in [1.82, 2.24) is 4.98 Å². The summed E-state index contributed by atoms with van der Waals surface area (Å²) >= 11 is 0. The van der Waals surface area contributed by atoms with Crippen molar-refractivity contribution >= 4 is 5.97 Å². The molecule has 1 aromatic carbocycles. The van der Waals surface area contributed by atoms with Gasteiger partial charge >= 0.3 is 5.97 Å². The zero-order chi connectivity index (χ0) is 14.5. The molecule has 0 bridgehead atoms. The van der Waals surface area contributed by atoms with E-state index in [1.54, 1.807) is 31.5 Å². The van der Waals surface area contributed by atoms with Gasteiger partial charge in [0.15, 0.2) is 0 Å². The Morgan fingerprint density at radius 2 is 2.05 bits per heavy atom. The average Bonchev–Trinajstić information content (AvgIpc) is 2.45. The van der Waals surface area contributed by atoms with Crippen LogP contribution < -0.4 is 4.74 Å². The minimum absolute atomic E-state index is 0.308. The summed E-state index contributed by atoms with van der Waals surface area (Å²) in [4.78, 5) is 15.3. The largest absolute Gasteiger partial charge is 0.492 e. The van der Waals surface area contributed by atoms with Gasteiger partial charge in [0, 0.05) is 11.8 Å². The maximum atomic E-state index is 11.2. The monoisotopic (exact) mass is 271 g/mol. The van der Waals surface area contributed by atoms with E-state index in [9.17, 15) is 4.79 Å². The van der Waals surface area contributed by atoms with E-state index in [0.29, 0.717) is 17.9 Å². The number of carbonyl (C=O) groups is 1. The molecule has 0 aliphatic carbocycles. The Morgan fingerprint density at radius 1 is 1.25 bits per heavy atom. The van der Waals surface area contributed by atoms with Crippen molar-refractivity contribution in [2.45, 2.75) is 20.3 Å². The van der Waals surface area contributed by atoms with Gasteiger partial charge in [0.2, 0.25) is 0 Å². The van der Waals surface area contributed by atoms with Crippen molar-refractivity contribution in [1.29, 1.82) is 0 Å². The first-order valence-electron chi connectivity index (χ1n) is 6.54. The van der Waals surface area contributed by atoms with E-state index in [0.717, 1.165) is 23.1 Å². The van der Waals surface area contributed by atoms with E-state index in [1.165, 1.54) is 0 Å². The zero-order valence-electron chi connectivity index (χ0n) is 11.6. The van der Waals surface area contributed by atoms with Crippen molar-refractivity contribution < 1.29 is 14.6 Å². The summed E-state index contributed by atoms with van der Waals surface area (Å²) in [6, 6.07) is 7.23. The number of nitrogens with zero attached hydrogens (tertiary/aromatic N) is 1. The van der Waals surface area contributed by atoms with Gasteiger partial charge in [-0.2, -0.15) is 0 Å². The van der Waals surface area contributed by atoms with Crippen molar-refractivity contribution in [3.8, 4) is 16.9 Å². The molecule has 0 spiro atoms. The van der Waals surface area contributed by atoms with Gasteiger partial charge in [0.25, 0.3) is 0 Å². The highest BCUT2D eigenvalue weighted by atomic mass is 16.5. The van der Waals surface area contributed by atoms with Crippen LogP contribution in [0, 0.1) is 6.92 Å². The SMILES string of the molecule is CCCOc1cncc(-c2ccc(C)c(C(=O)O)c2)c1. The lowest BCUT2D eigenvalue weighted by atomic mass is 10.0. The van der Waals surface area contributed by atoms with Gasteiger partial charge in [-0.25, -0.2) is 4.79 Å². The van der Waals surface area contributed by atoms with Crippen molar-refractivity contribution in [3.63, 3.8) is 0 Å². The molecule has 0 saturated carbocycles. The molecule has 20 heavy (non-hydrogen) atoms. The topological polar surface area (TPSA) is 59.4 Å². The van der Waals surface area contributed by atoms with Crippen LogP contribution in [0.2, 0.25) is 0 Å². The molecule has 4 heteroatoms. The molecular formula is C16H17NO3. The second-order valence-corrected chi connectivity index (χ2v) is 4.59. The first-order valence-corrected chi connectivity index (χ1v) is 6.54. The summed E-state index contributed by atoms with van der Waals surface area (Å²) in [5.41, 5.74) is 2.72. The van der Waals surface area contributed by atoms with Gasteiger partial charge in [0.05, 0.1) is 18.4 Å². The van der Waals surface area contributed by atoms with Crippen LogP contribution in [0.4, 0.5) is 0 Å². The Hall–Kier alpha value is -2.36. The summed E-state index contributed by atoms with van der Waals surface area (Å²) in [6.45, 7) is 4.46. The van der Waals surface area contributed by atoms with Gasteiger partial charge in [-0.05, 0) is 36.6 Å². The quantitative estimate of drug-likeness (QED) is 0.903. The number of aromatic carboxylic acids is 1. The van der Waals surface area contributed by atoms with Crippen molar-refractivity contribution in [2.75, 3.05) is 6.61 Å². The number of carboxylic acids is 1. The minimum atomic E-state index is -0.921. The van der Waals surface area contributed by atoms with Crippen LogP contribution in [-0.4, -0.2) is 22.7 Å². The summed E-state index contributed by atoms with van der Waals surface area (Å²) in [7, 11) is 0. The molecule has 0 radical (unpaired) electrons. The fourth-order valence-electron chi connectivity index (χ4n) is 1.91. The number of aryl methyl sites for hydroxylation is 1. The highest BCUT2D eigenvalue weighted by molar-refractivity contribution is 5.91. The summed E-state index contributed by atoms with van der Waals surface area (Å²) in [5.74, 6) is -0.225. The predicted octanol–water partition coefficient (Wildman–Crippen LogP) is 3.54. The molecule has 0 fully saturated rings. The molecule has 0 amide bonds. The summed E-state index contributed by atoms with van der Waals surface area (Å²) in [5, 5.41) is 9.17. The van der Waals surface area contributed by atoms with E-state index in [2.05, 4.69) is 4.98 Å². The molecule has 2 aromatic rings. The predicted molar refractivity (Wildman–Crippen MR) is 77.2 cm³/mol. The van der Waals surface area contributed by atoms with E-state index in [4.69, 9.17) is 9.84 Å². The molecule has 4 nitrogen and oxygen atoms in total. The molecule has 0 aliphatic heterocycles. The third-order valence-electron chi connectivity index (χ3n) is 2.99. The normalized spacial score (nSPS) is 10.3. The Labute approximate surface area is 118 Å². The highest BCUT2D eigenvalue weighted by Crippen LogP contribution is 2.25. The Balaban J connectivity index is 2.36. The lowest BCUT2D eigenvalue weighted by Crippen LogP contribution is -2.00. The molecule has 0 unspecified atom stereocenters. The van der Waals surface area contributed by atoms with E-state index < -0.39 is 5.97 Å². The van der Waals surface area contributed by atoms with E-state index in [-0.39, 0.29) is 0 Å². The van der Waals surface area contributed by atoms with Gasteiger partial charge < -0.3 is 9.84 Å². The van der Waals surface area contributed by atoms with Gasteiger partial charge in [-0.1, -0.05) is 19.1 Å². The standard InChI is InChI=1S/C16H17NO3/c1-3-6-20-14-7-13(9-17-10-14)12-5-4-11(2)15(8-12)16(18)19/h4-5,7-10H,3,6H2,1-2H3,(H,18,19). The molecule has 1 aromatic heterocycles. The second-order valence-electron chi connectivity index (χ2n) is 4.59. The van der Waals surface area contributed by atoms with Crippen LogP contribution in [0.25, 0.3) is 11.1 Å². The fourth-order valence-corrected chi connectivity index (χ4v) is 1.91. The number of hydrogen-bond acceptors (Lipinski definition) is 3. The molecule has 1 heterocycles. The molecule has 2 rings (SSSR count). The average molecular weight is 271 g/mol. The lowest BCUT2D eigenvalue weighted by molar-refractivity contribution is 0.0696. The van der Waals surface area contributed by atoms with Crippen LogP contribution in [0.3, 0.4) is 0 Å². The summed E-state index contributed by atoms with van der Waals surface area (Å²) < 4.78 is 5.54. The van der Waals surface area contributed by atoms with E-state index >= 15 is 0 Å². The smallest absolute Gasteiger partial charge is 0.335 e. The van der Waals surface area contributed by atoms with Gasteiger partial charge in [-0.3, -0.25) is 4.98 Å². The number of carboxylic acid groups (broad SMARTS) is 1. The molecule has 0 atom stereocenters. The van der Waals surface area contributed by atoms with Crippen LogP contribution in [0.1, 0.15) is 29.3 Å². The number of hydrogen-bond donors (Lipinski definition) is 1. The van der Waals surface area contributed by atoms with Crippen molar-refractivity contribution in [3.05, 3.63) is 47.8 Å². The number of benzene rings is 1. The summed E-state index contributed by atoms with van der Waals surface area (Å²) in [6.07, 6.45) is 4.29. The fraction of sp³-hybridized carbons (Fsp3) is 0.250. The highest BCUT2D eigenvalue weighted by Gasteiger charge is 2.09. The second kappa shape index (κ2) is 6.19. The zero-order valence-corrected chi connectivity index (χ0v) is 11.6. The minimum Gasteiger partial charge on any atom is -0.492 e. The van der Waals surface area contributed by atoms with Crippen LogP contribution in [0.5, 0.6) is 5.75 Å². The van der Waals surface area contributed by atoms with E-state index in [1.807, 2.05) is 19.1 Å². The number of pyridine rings is 1. The van der Waals surface area contributed by atoms with Crippen LogP contribution in [0.15, 0.2) is 36.7 Å². The Kier molecular flexibility index (Phi) is 4.35. The number of ether oxygens (including phenoxy) is 1. The van der Waals surface area contributed by atoms with Gasteiger partial charge in [0.1, 0.15) is 5.75 Å². The van der Waals surface area contributed by atoms with Crippen LogP contribution in [-0.2, 0) is 0 Å². The molecule has 0 saturated heterocycles. The molecular weight excluding hydrogens is 254 g/mol.